The maximum atomic E-state index is 5.92. The second-order valence-corrected chi connectivity index (χ2v) is 5.47. The van der Waals surface area contributed by atoms with Crippen molar-refractivity contribution in [3.63, 3.8) is 0 Å². The molecule has 3 aromatic rings. The van der Waals surface area contributed by atoms with Crippen molar-refractivity contribution < 1.29 is 0 Å². The van der Waals surface area contributed by atoms with E-state index in [9.17, 15) is 0 Å². The zero-order chi connectivity index (χ0) is 14.4. The lowest BCUT2D eigenvalue weighted by molar-refractivity contribution is 0.486. The van der Waals surface area contributed by atoms with Crippen molar-refractivity contribution in [2.75, 3.05) is 23.3 Å². The second-order valence-electron chi connectivity index (χ2n) is 5.47. The lowest BCUT2D eigenvalue weighted by Gasteiger charge is -2.26. The van der Waals surface area contributed by atoms with Crippen molar-refractivity contribution >= 4 is 28.1 Å². The predicted molar refractivity (Wildman–Crippen MR) is 86.2 cm³/mol. The van der Waals surface area contributed by atoms with Gasteiger partial charge < -0.3 is 16.8 Å². The van der Waals surface area contributed by atoms with Crippen LogP contribution in [-0.2, 0) is 0 Å². The van der Waals surface area contributed by atoms with Crippen LogP contribution in [0.4, 0.5) is 17.2 Å². The smallest absolute Gasteiger partial charge is 0.132 e. The summed E-state index contributed by atoms with van der Waals surface area (Å²) in [4.78, 5) is 0. The fourth-order valence-electron chi connectivity index (χ4n) is 3.05. The summed E-state index contributed by atoms with van der Waals surface area (Å²) in [6, 6.07) is 14.1. The van der Waals surface area contributed by atoms with E-state index in [0.717, 1.165) is 41.1 Å². The van der Waals surface area contributed by atoms with E-state index in [0.29, 0.717) is 0 Å². The Morgan fingerprint density at radius 1 is 1.10 bits per heavy atom. The van der Waals surface area contributed by atoms with Gasteiger partial charge in [-0.2, -0.15) is 5.10 Å². The minimum absolute atomic E-state index is 0.207. The monoisotopic (exact) mass is 279 g/mol. The highest BCUT2D eigenvalue weighted by molar-refractivity contribution is 5.92. The first kappa shape index (κ1) is 12.1. The average molecular weight is 279 g/mol. The molecule has 1 atom stereocenters. The summed E-state index contributed by atoms with van der Waals surface area (Å²) in [5, 5.41) is 9.29. The van der Waals surface area contributed by atoms with E-state index >= 15 is 0 Å². The molecule has 5 N–H and O–H groups in total. The minimum Gasteiger partial charge on any atom is -0.399 e. The van der Waals surface area contributed by atoms with Crippen LogP contribution in [0.25, 0.3) is 10.9 Å². The molecule has 21 heavy (non-hydrogen) atoms. The number of benzene rings is 2. The molecule has 2 aromatic carbocycles. The molecule has 0 bridgehead atoms. The zero-order valence-corrected chi connectivity index (χ0v) is 11.6. The number of nitrogens with one attached hydrogen (secondary N) is 1. The van der Waals surface area contributed by atoms with E-state index in [2.05, 4.69) is 16.1 Å². The van der Waals surface area contributed by atoms with E-state index in [1.54, 1.807) is 0 Å². The molecule has 106 valence electrons. The topological polar surface area (TPSA) is 81.9 Å². The summed E-state index contributed by atoms with van der Waals surface area (Å²) in [7, 11) is 0. The van der Waals surface area contributed by atoms with Crippen LogP contribution in [0.1, 0.15) is 18.0 Å². The molecule has 5 nitrogen and oxygen atoms in total. The molecule has 0 amide bonds. The van der Waals surface area contributed by atoms with Gasteiger partial charge in [-0.05, 0) is 42.3 Å². The molecular weight excluding hydrogens is 262 g/mol. The third-order valence-electron chi connectivity index (χ3n) is 4.02. The molecule has 5 heteroatoms. The first-order chi connectivity index (χ1) is 10.2. The van der Waals surface area contributed by atoms with Crippen LogP contribution < -0.4 is 16.8 Å². The van der Waals surface area contributed by atoms with E-state index in [1.807, 2.05) is 36.4 Å². The molecular formula is C16H17N5. The Morgan fingerprint density at radius 3 is 2.81 bits per heavy atom. The van der Waals surface area contributed by atoms with Gasteiger partial charge in [0.2, 0.25) is 0 Å². The first-order valence-electron chi connectivity index (χ1n) is 7.09. The maximum Gasteiger partial charge on any atom is 0.132 e. The normalized spacial score (nSPS) is 17.4. The Bertz CT molecular complexity index is 821. The lowest BCUT2D eigenvalue weighted by atomic mass is 10.0. The molecule has 4 rings (SSSR count). The maximum absolute atomic E-state index is 5.92. The van der Waals surface area contributed by atoms with Crippen LogP contribution in [0.2, 0.25) is 0 Å². The third kappa shape index (κ3) is 1.89. The predicted octanol–water partition coefficient (Wildman–Crippen LogP) is 2.61. The SMILES string of the molecule is Nc1cccc(C2CCNc3c4ccc(N)cc4nn32)c1. The Balaban J connectivity index is 1.90. The van der Waals surface area contributed by atoms with Crippen LogP contribution in [-0.4, -0.2) is 16.3 Å². The Morgan fingerprint density at radius 2 is 1.95 bits per heavy atom. The van der Waals surface area contributed by atoms with Gasteiger partial charge in [-0.3, -0.25) is 0 Å². The van der Waals surface area contributed by atoms with Crippen LogP contribution in [0.15, 0.2) is 42.5 Å². The number of rotatable bonds is 1. The molecule has 0 radical (unpaired) electrons. The summed E-state index contributed by atoms with van der Waals surface area (Å²) < 4.78 is 2.06. The van der Waals surface area contributed by atoms with Crippen molar-refractivity contribution in [3.8, 4) is 0 Å². The Kier molecular flexibility index (Phi) is 2.54. The van der Waals surface area contributed by atoms with Gasteiger partial charge in [0.05, 0.1) is 11.6 Å². The number of nitrogen functional groups attached to an aromatic ring is 2. The summed E-state index contributed by atoms with van der Waals surface area (Å²) in [6.07, 6.45) is 0.986. The van der Waals surface area contributed by atoms with Crippen molar-refractivity contribution in [3.05, 3.63) is 48.0 Å². The van der Waals surface area contributed by atoms with Crippen LogP contribution in [0.3, 0.4) is 0 Å². The molecule has 1 unspecified atom stereocenters. The Labute approximate surface area is 122 Å². The van der Waals surface area contributed by atoms with Gasteiger partial charge in [-0.25, -0.2) is 4.68 Å². The number of nitrogens with two attached hydrogens (primary N) is 2. The summed E-state index contributed by atoms with van der Waals surface area (Å²) >= 11 is 0. The van der Waals surface area contributed by atoms with E-state index in [4.69, 9.17) is 16.6 Å². The number of nitrogens with zero attached hydrogens (tertiary/aromatic N) is 2. The number of hydrogen-bond donors (Lipinski definition) is 3. The number of anilines is 3. The number of aromatic nitrogens is 2. The largest absolute Gasteiger partial charge is 0.399 e. The molecule has 1 aliphatic heterocycles. The summed E-state index contributed by atoms with van der Waals surface area (Å²) in [5.41, 5.74) is 15.4. The highest BCUT2D eigenvalue weighted by Gasteiger charge is 2.24. The first-order valence-corrected chi connectivity index (χ1v) is 7.09. The number of hydrogen-bond acceptors (Lipinski definition) is 4. The third-order valence-corrected chi connectivity index (χ3v) is 4.02. The second kappa shape index (κ2) is 4.41. The quantitative estimate of drug-likeness (QED) is 0.598. The van der Waals surface area contributed by atoms with E-state index in [-0.39, 0.29) is 6.04 Å². The van der Waals surface area contributed by atoms with Gasteiger partial charge >= 0.3 is 0 Å². The van der Waals surface area contributed by atoms with Crippen LogP contribution >= 0.6 is 0 Å². The molecule has 0 spiro atoms. The van der Waals surface area contributed by atoms with Gasteiger partial charge in [-0.15, -0.1) is 0 Å². The fraction of sp³-hybridized carbons (Fsp3) is 0.188. The van der Waals surface area contributed by atoms with Gasteiger partial charge in [0.1, 0.15) is 5.82 Å². The highest BCUT2D eigenvalue weighted by Crippen LogP contribution is 2.35. The van der Waals surface area contributed by atoms with Gasteiger partial charge in [0.25, 0.3) is 0 Å². The minimum atomic E-state index is 0.207. The summed E-state index contributed by atoms with van der Waals surface area (Å²) in [5.74, 6) is 1.06. The van der Waals surface area contributed by atoms with Gasteiger partial charge in [0, 0.05) is 23.3 Å². The van der Waals surface area contributed by atoms with Crippen LogP contribution in [0.5, 0.6) is 0 Å². The van der Waals surface area contributed by atoms with E-state index in [1.165, 1.54) is 5.56 Å². The molecule has 0 saturated heterocycles. The molecule has 2 heterocycles. The molecule has 0 fully saturated rings. The van der Waals surface area contributed by atoms with Crippen molar-refractivity contribution in [1.82, 2.24) is 9.78 Å². The van der Waals surface area contributed by atoms with Crippen molar-refractivity contribution in [2.45, 2.75) is 12.5 Å². The van der Waals surface area contributed by atoms with E-state index < -0.39 is 0 Å². The Hall–Kier alpha value is -2.69. The zero-order valence-electron chi connectivity index (χ0n) is 11.6. The highest BCUT2D eigenvalue weighted by atomic mass is 15.4. The van der Waals surface area contributed by atoms with Gasteiger partial charge in [-0.1, -0.05) is 12.1 Å². The fourth-order valence-corrected chi connectivity index (χ4v) is 3.05. The van der Waals surface area contributed by atoms with Gasteiger partial charge in [0.15, 0.2) is 0 Å². The van der Waals surface area contributed by atoms with Crippen molar-refractivity contribution in [2.24, 2.45) is 0 Å². The lowest BCUT2D eigenvalue weighted by Crippen LogP contribution is -2.24. The molecule has 0 aliphatic carbocycles. The molecule has 1 aromatic heterocycles. The molecule has 1 aliphatic rings. The molecule has 0 saturated carbocycles. The van der Waals surface area contributed by atoms with Crippen LogP contribution in [0, 0.1) is 0 Å². The van der Waals surface area contributed by atoms with Crippen molar-refractivity contribution in [1.29, 1.82) is 0 Å². The summed E-state index contributed by atoms with van der Waals surface area (Å²) in [6.45, 7) is 0.921. The average Bonchev–Trinajstić information content (AvgIpc) is 2.84. The number of fused-ring (bicyclic) bond motifs is 3. The standard InChI is InChI=1S/C16H17N5/c17-11-3-1-2-10(8-11)15-6-7-19-16-13-5-4-12(18)9-14(13)20-21(15)16/h1-5,8-9,15,19H,6-7,17-18H2.